The van der Waals surface area contributed by atoms with Crippen molar-refractivity contribution in [1.82, 2.24) is 5.32 Å². The molecule has 0 spiro atoms. The summed E-state index contributed by atoms with van der Waals surface area (Å²) in [5.41, 5.74) is 1.64. The Hall–Kier alpha value is -2.24. The van der Waals surface area contributed by atoms with Gasteiger partial charge in [-0.05, 0) is 54.7 Å². The highest BCUT2D eigenvalue weighted by Crippen LogP contribution is 2.42. The van der Waals surface area contributed by atoms with Gasteiger partial charge in [-0.2, -0.15) is 0 Å². The van der Waals surface area contributed by atoms with E-state index in [0.717, 1.165) is 35.4 Å². The molecule has 6 heteroatoms. The van der Waals surface area contributed by atoms with Gasteiger partial charge in [-0.3, -0.25) is 14.5 Å². The van der Waals surface area contributed by atoms with Crippen molar-refractivity contribution in [2.75, 3.05) is 11.4 Å². The number of anilines is 1. The van der Waals surface area contributed by atoms with Crippen molar-refractivity contribution in [3.8, 4) is 0 Å². The maximum atomic E-state index is 13.3. The lowest BCUT2D eigenvalue weighted by Gasteiger charge is -2.32. The maximum Gasteiger partial charge on any atom is 0.265 e. The predicted octanol–water partition coefficient (Wildman–Crippen LogP) is 5.51. The molecule has 1 saturated carbocycles. The third kappa shape index (κ3) is 4.73. The number of hydrogen-bond acceptors (Lipinski definition) is 3. The predicted molar refractivity (Wildman–Crippen MR) is 124 cm³/mol. The van der Waals surface area contributed by atoms with Crippen LogP contribution in [0.3, 0.4) is 0 Å². The number of amides is 2. The molecule has 1 aliphatic carbocycles. The number of hydrogen-bond donors (Lipinski definition) is 1. The number of benzene rings is 2. The summed E-state index contributed by atoms with van der Waals surface area (Å²) < 4.78 is 0. The van der Waals surface area contributed by atoms with Crippen LogP contribution in [0.2, 0.25) is 5.02 Å². The Kier molecular flexibility index (Phi) is 6.49. The minimum Gasteiger partial charge on any atom is -0.352 e. The van der Waals surface area contributed by atoms with E-state index in [0.29, 0.717) is 15.8 Å². The molecule has 0 radical (unpaired) electrons. The first-order chi connectivity index (χ1) is 14.5. The molecule has 1 aliphatic heterocycles. The molecule has 156 valence electrons. The zero-order valence-corrected chi connectivity index (χ0v) is 18.5. The molecule has 2 aromatic carbocycles. The second kappa shape index (κ2) is 9.27. The van der Waals surface area contributed by atoms with E-state index in [1.54, 1.807) is 11.0 Å². The zero-order chi connectivity index (χ0) is 21.1. The summed E-state index contributed by atoms with van der Waals surface area (Å²) in [6, 6.07) is 15.3. The molecule has 0 unspecified atom stereocenters. The number of thioether (sulfide) groups is 1. The highest BCUT2D eigenvalue weighted by Gasteiger charge is 2.31. The molecule has 2 amide bonds. The van der Waals surface area contributed by atoms with Gasteiger partial charge in [-0.25, -0.2) is 0 Å². The van der Waals surface area contributed by atoms with E-state index in [2.05, 4.69) is 12.2 Å². The van der Waals surface area contributed by atoms with Crippen molar-refractivity contribution in [3.63, 3.8) is 0 Å². The summed E-state index contributed by atoms with van der Waals surface area (Å²) in [6.07, 6.45) is 6.35. The van der Waals surface area contributed by atoms with Gasteiger partial charge in [0.05, 0.1) is 10.6 Å². The highest BCUT2D eigenvalue weighted by atomic mass is 35.5. The molecule has 0 aromatic heterocycles. The van der Waals surface area contributed by atoms with E-state index in [4.69, 9.17) is 11.6 Å². The summed E-state index contributed by atoms with van der Waals surface area (Å²) in [4.78, 5) is 29.3. The average Bonchev–Trinajstić information content (AvgIpc) is 2.73. The van der Waals surface area contributed by atoms with Gasteiger partial charge >= 0.3 is 0 Å². The van der Waals surface area contributed by atoms with Crippen LogP contribution in [-0.2, 0) is 9.59 Å². The fraction of sp³-hybridized carbons (Fsp3) is 0.333. The number of nitrogens with one attached hydrogen (secondary N) is 1. The van der Waals surface area contributed by atoms with E-state index in [9.17, 15) is 9.59 Å². The van der Waals surface area contributed by atoms with Crippen molar-refractivity contribution in [2.24, 2.45) is 5.92 Å². The van der Waals surface area contributed by atoms with E-state index in [-0.39, 0.29) is 24.4 Å². The summed E-state index contributed by atoms with van der Waals surface area (Å²) >= 11 is 7.53. The third-order valence-corrected chi connectivity index (χ3v) is 7.05. The zero-order valence-electron chi connectivity index (χ0n) is 16.9. The fourth-order valence-corrected chi connectivity index (χ4v) is 5.35. The number of nitrogens with zero attached hydrogens (tertiary/aromatic N) is 1. The lowest BCUT2D eigenvalue weighted by Crippen LogP contribution is -2.48. The van der Waals surface area contributed by atoms with Gasteiger partial charge in [0.15, 0.2) is 0 Å². The molecule has 30 heavy (non-hydrogen) atoms. The van der Waals surface area contributed by atoms with Gasteiger partial charge in [0.2, 0.25) is 5.91 Å². The van der Waals surface area contributed by atoms with Gasteiger partial charge in [0, 0.05) is 16.0 Å². The number of fused-ring (bicyclic) bond motifs is 1. The molecule has 0 saturated heterocycles. The Morgan fingerprint density at radius 1 is 1.20 bits per heavy atom. The highest BCUT2D eigenvalue weighted by molar-refractivity contribution is 8.04. The molecule has 0 bridgehead atoms. The third-order valence-electron chi connectivity index (χ3n) is 5.74. The Balaban J connectivity index is 1.57. The second-order valence-corrected chi connectivity index (χ2v) is 9.48. The smallest absolute Gasteiger partial charge is 0.265 e. The minimum absolute atomic E-state index is 0.0203. The van der Waals surface area contributed by atoms with Gasteiger partial charge in [-0.1, -0.05) is 67.4 Å². The van der Waals surface area contributed by atoms with Gasteiger partial charge < -0.3 is 5.32 Å². The standard InChI is InChI=1S/C24H25ClN2O2S/c1-16-7-2-3-10-19(16)26-23(28)15-27-20-11-4-5-12-21(20)30-22(24(27)29)14-17-8-6-9-18(25)13-17/h4-6,8-9,11-14,16,19H,2-3,7,10,15H2,1H3,(H,26,28)/b22-14+/t16-,19+/m0/s1. The Bertz CT molecular complexity index is 991. The molecule has 1 heterocycles. The maximum absolute atomic E-state index is 13.3. The average molecular weight is 441 g/mol. The molecule has 1 N–H and O–H groups in total. The topological polar surface area (TPSA) is 49.4 Å². The lowest BCUT2D eigenvalue weighted by molar-refractivity contribution is -0.123. The quantitative estimate of drug-likeness (QED) is 0.637. The largest absolute Gasteiger partial charge is 0.352 e. The van der Waals surface area contributed by atoms with Crippen LogP contribution in [0.15, 0.2) is 58.3 Å². The SMILES string of the molecule is C[C@H]1CCCC[C@H]1NC(=O)CN1C(=O)/C(=C\c2cccc(Cl)c2)Sc2ccccc21. The van der Waals surface area contributed by atoms with Crippen LogP contribution in [0.5, 0.6) is 0 Å². The summed E-state index contributed by atoms with van der Waals surface area (Å²) in [6.45, 7) is 2.21. The van der Waals surface area contributed by atoms with Crippen LogP contribution >= 0.6 is 23.4 Å². The van der Waals surface area contributed by atoms with E-state index in [1.807, 2.05) is 48.5 Å². The molecule has 2 atom stereocenters. The van der Waals surface area contributed by atoms with Crippen LogP contribution < -0.4 is 10.2 Å². The van der Waals surface area contributed by atoms with Gasteiger partial charge in [0.25, 0.3) is 5.91 Å². The molecule has 2 aromatic rings. The fourth-order valence-electron chi connectivity index (χ4n) is 4.09. The Labute approximate surface area is 186 Å². The Morgan fingerprint density at radius 3 is 2.80 bits per heavy atom. The number of carbonyl (C=O) groups excluding carboxylic acids is 2. The number of halogens is 1. The van der Waals surface area contributed by atoms with Crippen molar-refractivity contribution in [3.05, 3.63) is 64.0 Å². The van der Waals surface area contributed by atoms with Crippen LogP contribution in [0.4, 0.5) is 5.69 Å². The van der Waals surface area contributed by atoms with Crippen molar-refractivity contribution in [1.29, 1.82) is 0 Å². The van der Waals surface area contributed by atoms with Crippen LogP contribution in [0, 0.1) is 5.92 Å². The van der Waals surface area contributed by atoms with Gasteiger partial charge in [0.1, 0.15) is 6.54 Å². The van der Waals surface area contributed by atoms with Crippen molar-refractivity contribution < 1.29 is 9.59 Å². The second-order valence-electron chi connectivity index (χ2n) is 7.96. The van der Waals surface area contributed by atoms with E-state index < -0.39 is 0 Å². The van der Waals surface area contributed by atoms with Gasteiger partial charge in [-0.15, -0.1) is 0 Å². The Morgan fingerprint density at radius 2 is 2.00 bits per heavy atom. The molecular formula is C24H25ClN2O2S. The summed E-state index contributed by atoms with van der Waals surface area (Å²) in [5.74, 6) is 0.206. The number of para-hydroxylation sites is 1. The number of carbonyl (C=O) groups is 2. The minimum atomic E-state index is -0.162. The first-order valence-corrected chi connectivity index (χ1v) is 11.6. The molecule has 1 fully saturated rings. The van der Waals surface area contributed by atoms with E-state index >= 15 is 0 Å². The first kappa shape index (κ1) is 21.0. The van der Waals surface area contributed by atoms with Crippen LogP contribution in [0.1, 0.15) is 38.2 Å². The monoisotopic (exact) mass is 440 g/mol. The number of rotatable bonds is 4. The van der Waals surface area contributed by atoms with Crippen LogP contribution in [0.25, 0.3) is 6.08 Å². The molecule has 4 rings (SSSR count). The molecular weight excluding hydrogens is 416 g/mol. The van der Waals surface area contributed by atoms with Crippen molar-refractivity contribution >= 4 is 46.9 Å². The normalized spacial score (nSPS) is 22.7. The van der Waals surface area contributed by atoms with Crippen LogP contribution in [-0.4, -0.2) is 24.4 Å². The molecule has 2 aliphatic rings. The summed E-state index contributed by atoms with van der Waals surface area (Å²) in [7, 11) is 0. The lowest BCUT2D eigenvalue weighted by atomic mass is 9.86. The molecule has 4 nitrogen and oxygen atoms in total. The summed E-state index contributed by atoms with van der Waals surface area (Å²) in [5, 5.41) is 3.78. The first-order valence-electron chi connectivity index (χ1n) is 10.4. The van der Waals surface area contributed by atoms with E-state index in [1.165, 1.54) is 18.2 Å². The van der Waals surface area contributed by atoms with Crippen molar-refractivity contribution in [2.45, 2.75) is 43.5 Å².